The van der Waals surface area contributed by atoms with Gasteiger partial charge in [-0.05, 0) is 52.3 Å². The highest BCUT2D eigenvalue weighted by Crippen LogP contribution is 2.24. The largest absolute Gasteiger partial charge is 0.278 e. The van der Waals surface area contributed by atoms with Crippen molar-refractivity contribution in [2.75, 3.05) is 5.43 Å². The van der Waals surface area contributed by atoms with Gasteiger partial charge in [-0.2, -0.15) is 5.10 Å². The molecule has 0 unspecified atom stereocenters. The molecule has 0 bridgehead atoms. The van der Waals surface area contributed by atoms with Gasteiger partial charge in [0, 0.05) is 21.5 Å². The van der Waals surface area contributed by atoms with Crippen molar-refractivity contribution in [3.05, 3.63) is 56.3 Å². The second-order valence-corrected chi connectivity index (χ2v) is 6.96. The minimum atomic E-state index is 0.675. The molecule has 0 aliphatic rings. The molecule has 0 spiro atoms. The summed E-state index contributed by atoms with van der Waals surface area (Å²) in [6, 6.07) is 11.5. The van der Waals surface area contributed by atoms with Crippen LogP contribution in [-0.2, 0) is 0 Å². The van der Waals surface area contributed by atoms with Crippen molar-refractivity contribution in [1.82, 2.24) is 4.98 Å². The van der Waals surface area contributed by atoms with E-state index < -0.39 is 0 Å². The van der Waals surface area contributed by atoms with E-state index in [9.17, 15) is 0 Å². The highest BCUT2D eigenvalue weighted by Gasteiger charge is 2.01. The third-order valence-corrected chi connectivity index (χ3v) is 4.47. The van der Waals surface area contributed by atoms with Crippen molar-refractivity contribution >= 4 is 61.7 Å². The summed E-state index contributed by atoms with van der Waals surface area (Å²) >= 11 is 11.0. The van der Waals surface area contributed by atoms with E-state index in [1.807, 2.05) is 36.4 Å². The highest BCUT2D eigenvalue weighted by atomic mass is 79.9. The number of nitrogens with one attached hydrogen (secondary N) is 1. The van der Waals surface area contributed by atoms with E-state index in [1.165, 1.54) is 0 Å². The Morgan fingerprint density at radius 3 is 2.95 bits per heavy atom. The fourth-order valence-electron chi connectivity index (χ4n) is 1.78. The van der Waals surface area contributed by atoms with E-state index in [0.717, 1.165) is 25.3 Å². The molecule has 6 heteroatoms. The Kier molecular flexibility index (Phi) is 4.00. The first kappa shape index (κ1) is 13.5. The molecule has 1 aromatic carbocycles. The molecule has 0 saturated heterocycles. The lowest BCUT2D eigenvalue weighted by molar-refractivity contribution is 1.34. The average Bonchev–Trinajstić information content (AvgIpc) is 2.84. The van der Waals surface area contributed by atoms with Crippen molar-refractivity contribution in [2.45, 2.75) is 0 Å². The lowest BCUT2D eigenvalue weighted by atomic mass is 10.2. The predicted molar refractivity (Wildman–Crippen MR) is 90.0 cm³/mol. The van der Waals surface area contributed by atoms with Crippen LogP contribution in [0.15, 0.2) is 51.5 Å². The maximum absolute atomic E-state index is 5.96. The molecular weight excluding hydrogens is 358 g/mol. The van der Waals surface area contributed by atoms with Crippen LogP contribution in [0.5, 0.6) is 0 Å². The molecule has 0 aliphatic heterocycles. The van der Waals surface area contributed by atoms with Crippen molar-refractivity contribution in [1.29, 1.82) is 0 Å². The molecule has 0 fully saturated rings. The Balaban J connectivity index is 1.86. The van der Waals surface area contributed by atoms with Crippen LogP contribution in [0.25, 0.3) is 10.9 Å². The van der Waals surface area contributed by atoms with Crippen LogP contribution in [0.4, 0.5) is 5.69 Å². The SMILES string of the molecule is Clc1ccc2c(N/N=C/c3ccc(Br)s3)ccnc2c1. The number of pyridine rings is 1. The lowest BCUT2D eigenvalue weighted by Gasteiger charge is -2.04. The van der Waals surface area contributed by atoms with Gasteiger partial charge in [0.05, 0.1) is 21.2 Å². The minimum Gasteiger partial charge on any atom is -0.278 e. The first-order valence-corrected chi connectivity index (χ1v) is 7.80. The number of hydrogen-bond donors (Lipinski definition) is 1. The molecule has 100 valence electrons. The first-order valence-electron chi connectivity index (χ1n) is 5.81. The van der Waals surface area contributed by atoms with E-state index in [4.69, 9.17) is 11.6 Å². The Morgan fingerprint density at radius 1 is 1.25 bits per heavy atom. The number of fused-ring (bicyclic) bond motifs is 1. The van der Waals surface area contributed by atoms with Gasteiger partial charge in [0.15, 0.2) is 0 Å². The zero-order valence-corrected chi connectivity index (χ0v) is 13.3. The summed E-state index contributed by atoms with van der Waals surface area (Å²) in [5.74, 6) is 0. The predicted octanol–water partition coefficient (Wildman–Crippen LogP) is 5.16. The van der Waals surface area contributed by atoms with E-state index in [0.29, 0.717) is 5.02 Å². The fraction of sp³-hybridized carbons (Fsp3) is 0. The minimum absolute atomic E-state index is 0.675. The number of rotatable bonds is 3. The van der Waals surface area contributed by atoms with Crippen molar-refractivity contribution < 1.29 is 0 Å². The summed E-state index contributed by atoms with van der Waals surface area (Å²) in [6.45, 7) is 0. The van der Waals surface area contributed by atoms with Crippen LogP contribution in [0.1, 0.15) is 4.88 Å². The molecule has 1 N–H and O–H groups in total. The van der Waals surface area contributed by atoms with Gasteiger partial charge in [0.1, 0.15) is 0 Å². The van der Waals surface area contributed by atoms with Gasteiger partial charge in [-0.1, -0.05) is 11.6 Å². The third kappa shape index (κ3) is 3.00. The zero-order valence-electron chi connectivity index (χ0n) is 10.2. The summed E-state index contributed by atoms with van der Waals surface area (Å²) in [6.07, 6.45) is 3.52. The number of hydrazone groups is 1. The fourth-order valence-corrected chi connectivity index (χ4v) is 3.24. The molecule has 20 heavy (non-hydrogen) atoms. The molecular formula is C14H9BrClN3S. The molecule has 0 amide bonds. The second-order valence-electron chi connectivity index (χ2n) is 4.03. The number of aromatic nitrogens is 1. The number of anilines is 1. The Labute approximate surface area is 133 Å². The van der Waals surface area contributed by atoms with Crippen molar-refractivity contribution in [3.63, 3.8) is 0 Å². The highest BCUT2D eigenvalue weighted by molar-refractivity contribution is 9.11. The van der Waals surface area contributed by atoms with Gasteiger partial charge >= 0.3 is 0 Å². The topological polar surface area (TPSA) is 37.3 Å². The summed E-state index contributed by atoms with van der Waals surface area (Å²) < 4.78 is 1.09. The van der Waals surface area contributed by atoms with E-state index >= 15 is 0 Å². The number of benzene rings is 1. The van der Waals surface area contributed by atoms with Crippen LogP contribution < -0.4 is 5.43 Å². The Hall–Kier alpha value is -1.43. The summed E-state index contributed by atoms with van der Waals surface area (Å²) in [5, 5.41) is 5.91. The van der Waals surface area contributed by atoms with Crippen LogP contribution >= 0.6 is 38.9 Å². The van der Waals surface area contributed by atoms with Gasteiger partial charge in [-0.15, -0.1) is 11.3 Å². The number of thiophene rings is 1. The van der Waals surface area contributed by atoms with Gasteiger partial charge in [0.25, 0.3) is 0 Å². The molecule has 3 rings (SSSR count). The summed E-state index contributed by atoms with van der Waals surface area (Å²) in [7, 11) is 0. The van der Waals surface area contributed by atoms with Crippen molar-refractivity contribution in [2.24, 2.45) is 5.10 Å². The van der Waals surface area contributed by atoms with E-state index in [-0.39, 0.29) is 0 Å². The van der Waals surface area contributed by atoms with Crippen molar-refractivity contribution in [3.8, 4) is 0 Å². The molecule has 0 saturated carbocycles. The van der Waals surface area contributed by atoms with Gasteiger partial charge in [-0.3, -0.25) is 10.4 Å². The third-order valence-electron chi connectivity index (χ3n) is 2.68. The molecule has 3 nitrogen and oxygen atoms in total. The smallest absolute Gasteiger partial charge is 0.0738 e. The summed E-state index contributed by atoms with van der Waals surface area (Å²) in [4.78, 5) is 5.37. The number of nitrogens with zero attached hydrogens (tertiary/aromatic N) is 2. The Morgan fingerprint density at radius 2 is 2.15 bits per heavy atom. The maximum atomic E-state index is 5.96. The monoisotopic (exact) mass is 365 g/mol. The van der Waals surface area contributed by atoms with Crippen LogP contribution in [0.2, 0.25) is 5.02 Å². The molecule has 0 aliphatic carbocycles. The Bertz CT molecular complexity index is 785. The zero-order chi connectivity index (χ0) is 13.9. The lowest BCUT2D eigenvalue weighted by Crippen LogP contribution is -1.91. The standard InChI is InChI=1S/C14H9BrClN3S/c15-14-4-2-10(20-14)8-18-19-12-5-6-17-13-7-9(16)1-3-11(12)13/h1-8H,(H,17,19)/b18-8+. The van der Waals surface area contributed by atoms with Crippen LogP contribution in [-0.4, -0.2) is 11.2 Å². The first-order chi connectivity index (χ1) is 9.72. The molecule has 2 heterocycles. The van der Waals surface area contributed by atoms with E-state index in [2.05, 4.69) is 31.4 Å². The molecule has 2 aromatic heterocycles. The van der Waals surface area contributed by atoms with Gasteiger partial charge < -0.3 is 0 Å². The van der Waals surface area contributed by atoms with Crippen LogP contribution in [0.3, 0.4) is 0 Å². The van der Waals surface area contributed by atoms with Gasteiger partial charge in [0.2, 0.25) is 0 Å². The molecule has 0 atom stereocenters. The summed E-state index contributed by atoms with van der Waals surface area (Å²) in [5.41, 5.74) is 4.79. The van der Waals surface area contributed by atoms with Gasteiger partial charge in [-0.25, -0.2) is 0 Å². The van der Waals surface area contributed by atoms with E-state index in [1.54, 1.807) is 23.7 Å². The average molecular weight is 367 g/mol. The second kappa shape index (κ2) is 5.91. The molecule has 0 radical (unpaired) electrons. The normalized spacial score (nSPS) is 11.3. The molecule has 3 aromatic rings. The maximum Gasteiger partial charge on any atom is 0.0738 e. The number of hydrogen-bond acceptors (Lipinski definition) is 4. The quantitative estimate of drug-likeness (QED) is 0.513. The number of halogens is 2. The van der Waals surface area contributed by atoms with Crippen LogP contribution in [0, 0.1) is 0 Å².